The molecule has 1 aliphatic heterocycles. The van der Waals surface area contributed by atoms with E-state index in [1.54, 1.807) is 6.07 Å². The van der Waals surface area contributed by atoms with Gasteiger partial charge in [0.15, 0.2) is 0 Å². The fraction of sp³-hybridized carbons (Fsp3) is 0.462. The molecular formula is C13H17NO2. The summed E-state index contributed by atoms with van der Waals surface area (Å²) in [5, 5.41) is 12.3. The lowest BCUT2D eigenvalue weighted by atomic mass is 9.91. The zero-order valence-electron chi connectivity index (χ0n) is 9.28. The standard InChI is InChI=1S/C13H17NO2/c15-13(16)12-4-1-3-11(9-12)10-5-2-7-14-8-6-10/h1,3-4,9-10,14H,2,5-8H2,(H,15,16). The highest BCUT2D eigenvalue weighted by molar-refractivity contribution is 5.87. The maximum absolute atomic E-state index is 10.9. The van der Waals surface area contributed by atoms with Crippen LogP contribution in [-0.4, -0.2) is 24.2 Å². The van der Waals surface area contributed by atoms with E-state index in [1.165, 1.54) is 12.0 Å². The van der Waals surface area contributed by atoms with Crippen LogP contribution in [0.3, 0.4) is 0 Å². The number of rotatable bonds is 2. The lowest BCUT2D eigenvalue weighted by molar-refractivity contribution is 0.0696. The van der Waals surface area contributed by atoms with Crippen LogP contribution < -0.4 is 5.32 Å². The molecule has 1 aliphatic rings. The molecule has 16 heavy (non-hydrogen) atoms. The third-order valence-corrected chi connectivity index (χ3v) is 3.18. The van der Waals surface area contributed by atoms with E-state index in [0.717, 1.165) is 25.9 Å². The summed E-state index contributed by atoms with van der Waals surface area (Å²) in [6.07, 6.45) is 3.42. The maximum Gasteiger partial charge on any atom is 0.335 e. The summed E-state index contributed by atoms with van der Waals surface area (Å²) in [6, 6.07) is 7.36. The lowest BCUT2D eigenvalue weighted by Crippen LogP contribution is -2.13. The highest BCUT2D eigenvalue weighted by Gasteiger charge is 2.15. The van der Waals surface area contributed by atoms with E-state index in [4.69, 9.17) is 5.11 Å². The minimum absolute atomic E-state index is 0.398. The molecule has 1 unspecified atom stereocenters. The molecule has 86 valence electrons. The highest BCUT2D eigenvalue weighted by Crippen LogP contribution is 2.26. The molecule has 0 aliphatic carbocycles. The van der Waals surface area contributed by atoms with Crippen molar-refractivity contribution in [2.24, 2.45) is 0 Å². The van der Waals surface area contributed by atoms with Crippen molar-refractivity contribution < 1.29 is 9.90 Å². The van der Waals surface area contributed by atoms with Gasteiger partial charge in [-0.3, -0.25) is 0 Å². The molecule has 0 spiro atoms. The summed E-state index contributed by atoms with van der Waals surface area (Å²) in [6.45, 7) is 2.11. The van der Waals surface area contributed by atoms with E-state index < -0.39 is 5.97 Å². The zero-order chi connectivity index (χ0) is 11.4. The first-order chi connectivity index (χ1) is 7.77. The van der Waals surface area contributed by atoms with Gasteiger partial charge in [0.05, 0.1) is 5.56 Å². The van der Waals surface area contributed by atoms with Gasteiger partial charge >= 0.3 is 5.97 Å². The Morgan fingerprint density at radius 1 is 1.31 bits per heavy atom. The van der Waals surface area contributed by atoms with Gasteiger partial charge in [-0.05, 0) is 56.0 Å². The largest absolute Gasteiger partial charge is 0.478 e. The van der Waals surface area contributed by atoms with Crippen molar-refractivity contribution in [3.05, 3.63) is 35.4 Å². The van der Waals surface area contributed by atoms with E-state index in [-0.39, 0.29) is 0 Å². The molecule has 1 aromatic carbocycles. The molecule has 1 fully saturated rings. The monoisotopic (exact) mass is 219 g/mol. The fourth-order valence-electron chi connectivity index (χ4n) is 2.28. The van der Waals surface area contributed by atoms with Crippen molar-refractivity contribution in [3.63, 3.8) is 0 Å². The smallest absolute Gasteiger partial charge is 0.335 e. The predicted molar refractivity (Wildman–Crippen MR) is 62.9 cm³/mol. The second-order valence-electron chi connectivity index (χ2n) is 4.31. The van der Waals surface area contributed by atoms with Crippen molar-refractivity contribution in [1.29, 1.82) is 0 Å². The van der Waals surface area contributed by atoms with Crippen molar-refractivity contribution in [2.45, 2.75) is 25.2 Å². The molecule has 0 radical (unpaired) electrons. The highest BCUT2D eigenvalue weighted by atomic mass is 16.4. The maximum atomic E-state index is 10.9. The van der Waals surface area contributed by atoms with Gasteiger partial charge in [-0.1, -0.05) is 12.1 Å². The summed E-state index contributed by atoms with van der Waals surface area (Å²) >= 11 is 0. The van der Waals surface area contributed by atoms with E-state index in [9.17, 15) is 4.79 Å². The van der Waals surface area contributed by atoms with Gasteiger partial charge in [-0.15, -0.1) is 0 Å². The first-order valence-corrected chi connectivity index (χ1v) is 5.81. The van der Waals surface area contributed by atoms with Crippen LogP contribution in [0.15, 0.2) is 24.3 Å². The third kappa shape index (κ3) is 2.61. The Hall–Kier alpha value is -1.35. The Kier molecular flexibility index (Phi) is 3.57. The Morgan fingerprint density at radius 3 is 3.00 bits per heavy atom. The molecular weight excluding hydrogens is 202 g/mol. The Morgan fingerprint density at radius 2 is 2.19 bits per heavy atom. The summed E-state index contributed by atoms with van der Waals surface area (Å²) in [4.78, 5) is 10.9. The number of aromatic carboxylic acids is 1. The molecule has 1 atom stereocenters. The van der Waals surface area contributed by atoms with Crippen LogP contribution in [0.5, 0.6) is 0 Å². The van der Waals surface area contributed by atoms with E-state index in [2.05, 4.69) is 5.32 Å². The first-order valence-electron chi connectivity index (χ1n) is 5.81. The molecule has 3 nitrogen and oxygen atoms in total. The second-order valence-corrected chi connectivity index (χ2v) is 4.31. The summed E-state index contributed by atoms with van der Waals surface area (Å²) in [7, 11) is 0. The van der Waals surface area contributed by atoms with Gasteiger partial charge in [0.1, 0.15) is 0 Å². The molecule has 0 bridgehead atoms. The average molecular weight is 219 g/mol. The van der Waals surface area contributed by atoms with Crippen LogP contribution in [0.2, 0.25) is 0 Å². The van der Waals surface area contributed by atoms with Crippen LogP contribution in [0.25, 0.3) is 0 Å². The molecule has 3 heteroatoms. The number of hydrogen-bond donors (Lipinski definition) is 2. The molecule has 2 N–H and O–H groups in total. The average Bonchev–Trinajstić information content (AvgIpc) is 2.57. The molecule has 0 amide bonds. The van der Waals surface area contributed by atoms with Crippen LogP contribution in [-0.2, 0) is 0 Å². The SMILES string of the molecule is O=C(O)c1cccc(C2CCCNCC2)c1. The Bertz CT molecular complexity index is 368. The summed E-state index contributed by atoms with van der Waals surface area (Å²) in [5.74, 6) is -0.331. The van der Waals surface area contributed by atoms with Crippen molar-refractivity contribution in [1.82, 2.24) is 5.32 Å². The van der Waals surface area contributed by atoms with Crippen LogP contribution >= 0.6 is 0 Å². The van der Waals surface area contributed by atoms with Gasteiger partial charge < -0.3 is 10.4 Å². The molecule has 2 rings (SSSR count). The molecule has 1 saturated heterocycles. The third-order valence-electron chi connectivity index (χ3n) is 3.18. The number of benzene rings is 1. The Balaban J connectivity index is 2.18. The zero-order valence-corrected chi connectivity index (χ0v) is 9.28. The number of carbonyl (C=O) groups is 1. The Labute approximate surface area is 95.5 Å². The first kappa shape index (κ1) is 11.1. The van der Waals surface area contributed by atoms with Crippen LogP contribution in [0.1, 0.15) is 41.1 Å². The fourth-order valence-corrected chi connectivity index (χ4v) is 2.28. The number of hydrogen-bond acceptors (Lipinski definition) is 2. The molecule has 0 aromatic heterocycles. The second kappa shape index (κ2) is 5.12. The van der Waals surface area contributed by atoms with Gasteiger partial charge in [0, 0.05) is 0 Å². The number of carboxylic acids is 1. The quantitative estimate of drug-likeness (QED) is 0.802. The van der Waals surface area contributed by atoms with E-state index in [0.29, 0.717) is 11.5 Å². The van der Waals surface area contributed by atoms with Gasteiger partial charge in [0.2, 0.25) is 0 Å². The van der Waals surface area contributed by atoms with Gasteiger partial charge in [-0.2, -0.15) is 0 Å². The number of nitrogens with one attached hydrogen (secondary N) is 1. The van der Waals surface area contributed by atoms with Crippen molar-refractivity contribution >= 4 is 5.97 Å². The summed E-state index contributed by atoms with van der Waals surface area (Å²) < 4.78 is 0. The van der Waals surface area contributed by atoms with E-state index >= 15 is 0 Å². The van der Waals surface area contributed by atoms with Gasteiger partial charge in [-0.25, -0.2) is 4.79 Å². The van der Waals surface area contributed by atoms with Crippen molar-refractivity contribution in [2.75, 3.05) is 13.1 Å². The lowest BCUT2D eigenvalue weighted by Gasteiger charge is -2.14. The normalized spacial score (nSPS) is 21.4. The minimum atomic E-state index is -0.839. The topological polar surface area (TPSA) is 49.3 Å². The minimum Gasteiger partial charge on any atom is -0.478 e. The number of carboxylic acid groups (broad SMARTS) is 1. The van der Waals surface area contributed by atoms with Crippen LogP contribution in [0, 0.1) is 0 Å². The molecule has 1 heterocycles. The molecule has 0 saturated carbocycles. The predicted octanol–water partition coefficient (Wildman–Crippen LogP) is 2.24. The summed E-state index contributed by atoms with van der Waals surface area (Å²) in [5.41, 5.74) is 1.57. The van der Waals surface area contributed by atoms with Crippen molar-refractivity contribution in [3.8, 4) is 0 Å². The van der Waals surface area contributed by atoms with Gasteiger partial charge in [0.25, 0.3) is 0 Å². The molecule has 1 aromatic rings. The van der Waals surface area contributed by atoms with Crippen LogP contribution in [0.4, 0.5) is 0 Å². The van der Waals surface area contributed by atoms with E-state index in [1.807, 2.05) is 18.2 Å².